The van der Waals surface area contributed by atoms with Gasteiger partial charge < -0.3 is 4.74 Å². The van der Waals surface area contributed by atoms with E-state index in [0.717, 1.165) is 46.9 Å². The molecule has 0 atom stereocenters. The van der Waals surface area contributed by atoms with Gasteiger partial charge in [-0.05, 0) is 63.2 Å². The fourth-order valence-corrected chi connectivity index (χ4v) is 4.99. The molecule has 0 bridgehead atoms. The summed E-state index contributed by atoms with van der Waals surface area (Å²) in [4.78, 5) is 0. The first-order valence-electron chi connectivity index (χ1n) is 13.7. The first kappa shape index (κ1) is 32.8. The fraction of sp³-hybridized carbons (Fsp3) is 0.176. The van der Waals surface area contributed by atoms with Crippen molar-refractivity contribution in [2.75, 3.05) is 0 Å². The summed E-state index contributed by atoms with van der Waals surface area (Å²) in [6.45, 7) is 2.11. The average Bonchev–Trinajstić information content (AvgIpc) is 2.95. The van der Waals surface area contributed by atoms with Crippen LogP contribution in [0.15, 0.2) is 91.0 Å². The van der Waals surface area contributed by atoms with Gasteiger partial charge in [0, 0.05) is 12.1 Å². The van der Waals surface area contributed by atoms with Crippen LogP contribution in [0.5, 0.6) is 5.75 Å². The predicted octanol–water partition coefficient (Wildman–Crippen LogP) is 11.3. The number of benzene rings is 5. The van der Waals surface area contributed by atoms with Crippen LogP contribution in [-0.2, 0) is 23.4 Å². The lowest BCUT2D eigenvalue weighted by Gasteiger charge is -2.22. The third kappa shape index (κ3) is 7.12. The van der Waals surface area contributed by atoms with Crippen LogP contribution in [0.2, 0.25) is 0 Å². The normalized spacial score (nSPS) is 12.5. The molecule has 0 amide bonds. The first-order valence-corrected chi connectivity index (χ1v) is 13.7. The van der Waals surface area contributed by atoms with Crippen LogP contribution in [0.4, 0.5) is 43.9 Å². The van der Waals surface area contributed by atoms with E-state index in [0.29, 0.717) is 11.6 Å². The van der Waals surface area contributed by atoms with Gasteiger partial charge in [0.1, 0.15) is 28.8 Å². The van der Waals surface area contributed by atoms with Crippen molar-refractivity contribution in [2.24, 2.45) is 0 Å². The molecule has 5 aromatic carbocycles. The summed E-state index contributed by atoms with van der Waals surface area (Å²) in [7, 11) is 0. The number of fused-ring (bicyclic) bond motifs is 1. The Bertz CT molecular complexity index is 1860. The van der Waals surface area contributed by atoms with Crippen molar-refractivity contribution in [1.29, 1.82) is 0 Å². The molecule has 240 valence electrons. The molecule has 12 heteroatoms. The second-order valence-electron chi connectivity index (χ2n) is 10.4. The molecule has 46 heavy (non-hydrogen) atoms. The van der Waals surface area contributed by atoms with Crippen molar-refractivity contribution < 1.29 is 53.4 Å². The van der Waals surface area contributed by atoms with E-state index in [1.165, 1.54) is 5.56 Å². The van der Waals surface area contributed by atoms with E-state index in [4.69, 9.17) is 0 Å². The summed E-state index contributed by atoms with van der Waals surface area (Å²) in [5.41, 5.74) is -0.126. The smallest absolute Gasteiger partial charge is 0.429 e. The van der Waals surface area contributed by atoms with Crippen LogP contribution in [0.25, 0.3) is 33.0 Å². The van der Waals surface area contributed by atoms with Gasteiger partial charge in [-0.15, -0.1) is 13.2 Å². The Kier molecular flexibility index (Phi) is 8.78. The van der Waals surface area contributed by atoms with Crippen molar-refractivity contribution in [1.82, 2.24) is 0 Å². The quantitative estimate of drug-likeness (QED) is 0.148. The number of hydrogen-bond acceptors (Lipinski definition) is 2. The Morgan fingerprint density at radius 3 is 1.63 bits per heavy atom. The minimum absolute atomic E-state index is 0.201. The Hall–Kier alpha value is -4.58. The van der Waals surface area contributed by atoms with Crippen LogP contribution >= 0.6 is 0 Å². The summed E-state index contributed by atoms with van der Waals surface area (Å²) < 4.78 is 144. The third-order valence-electron chi connectivity index (χ3n) is 7.07. The maximum atomic E-state index is 14.9. The second-order valence-corrected chi connectivity index (χ2v) is 10.4. The molecule has 0 heterocycles. The zero-order valence-electron chi connectivity index (χ0n) is 23.7. The molecule has 5 rings (SSSR count). The number of aryl methyl sites for hydroxylation is 1. The minimum Gasteiger partial charge on any atom is -0.429 e. The highest BCUT2D eigenvalue weighted by Crippen LogP contribution is 2.42. The maximum absolute atomic E-state index is 14.9. The SMILES string of the molecule is CCCc1ccc2cc(-c3ccc(-c4ccc(C(F)(F)Oc5cc(F)c(C(F)(F)OC(F)(F)F)c(F)c5)c(F)c4)cc3)ccc2c1. The van der Waals surface area contributed by atoms with E-state index in [-0.39, 0.29) is 17.7 Å². The van der Waals surface area contributed by atoms with Gasteiger partial charge >= 0.3 is 18.6 Å². The Morgan fingerprint density at radius 2 is 1.07 bits per heavy atom. The first-order chi connectivity index (χ1) is 21.6. The monoisotopic (exact) mass is 652 g/mol. The van der Waals surface area contributed by atoms with E-state index in [1.54, 1.807) is 24.3 Å². The Labute approximate surface area is 255 Å². The molecule has 0 spiro atoms. The molecule has 0 aliphatic heterocycles. The predicted molar refractivity (Wildman–Crippen MR) is 151 cm³/mol. The van der Waals surface area contributed by atoms with Crippen molar-refractivity contribution in [2.45, 2.75) is 38.3 Å². The van der Waals surface area contributed by atoms with Gasteiger partial charge in [0.05, 0.1) is 5.56 Å². The molecule has 0 N–H and O–H groups in total. The molecule has 0 radical (unpaired) electrons. The van der Waals surface area contributed by atoms with E-state index < -0.39 is 52.9 Å². The summed E-state index contributed by atoms with van der Waals surface area (Å²) in [6.07, 6.45) is -14.1. The van der Waals surface area contributed by atoms with Crippen molar-refractivity contribution in [3.05, 3.63) is 125 Å². The highest BCUT2D eigenvalue weighted by Gasteiger charge is 2.50. The fourth-order valence-electron chi connectivity index (χ4n) is 4.99. The Balaban J connectivity index is 1.34. The van der Waals surface area contributed by atoms with Crippen molar-refractivity contribution in [3.8, 4) is 28.0 Å². The standard InChI is InChI=1S/C34H22F10O2/c1-2-3-19-4-5-24-15-23(11-10-22(24)14-19)20-6-8-21(9-7-20)25-12-13-27(28(35)16-25)32(38,39)45-26-17-29(36)31(30(37)18-26)33(40,41)46-34(42,43)44/h4-18H,2-3H2,1H3. The van der Waals surface area contributed by atoms with E-state index in [9.17, 15) is 43.9 Å². The highest BCUT2D eigenvalue weighted by molar-refractivity contribution is 5.88. The van der Waals surface area contributed by atoms with Crippen LogP contribution in [0.3, 0.4) is 0 Å². The van der Waals surface area contributed by atoms with Crippen LogP contribution in [-0.4, -0.2) is 6.36 Å². The second kappa shape index (κ2) is 12.3. The maximum Gasteiger partial charge on any atom is 0.527 e. The third-order valence-corrected chi connectivity index (χ3v) is 7.07. The minimum atomic E-state index is -5.98. The average molecular weight is 653 g/mol. The van der Waals surface area contributed by atoms with Gasteiger partial charge in [-0.2, -0.15) is 17.6 Å². The molecule has 0 fully saturated rings. The van der Waals surface area contributed by atoms with E-state index in [2.05, 4.69) is 34.6 Å². The molecule has 0 saturated carbocycles. The molecular formula is C34H22F10O2. The topological polar surface area (TPSA) is 18.5 Å². The number of alkyl halides is 7. The lowest BCUT2D eigenvalue weighted by atomic mass is 9.97. The lowest BCUT2D eigenvalue weighted by Crippen LogP contribution is -2.30. The van der Waals surface area contributed by atoms with E-state index >= 15 is 0 Å². The Morgan fingerprint density at radius 1 is 0.543 bits per heavy atom. The van der Waals surface area contributed by atoms with Crippen LogP contribution in [0.1, 0.15) is 30.0 Å². The molecule has 5 aromatic rings. The number of hydrogen-bond donors (Lipinski definition) is 0. The largest absolute Gasteiger partial charge is 0.527 e. The van der Waals surface area contributed by atoms with Gasteiger partial charge in [-0.1, -0.05) is 74.0 Å². The molecule has 0 aliphatic carbocycles. The van der Waals surface area contributed by atoms with Crippen LogP contribution < -0.4 is 4.74 Å². The summed E-state index contributed by atoms with van der Waals surface area (Å²) in [5, 5.41) is 2.16. The molecule has 0 aliphatic rings. The lowest BCUT2D eigenvalue weighted by molar-refractivity contribution is -0.432. The zero-order valence-corrected chi connectivity index (χ0v) is 23.7. The van der Waals surface area contributed by atoms with Gasteiger partial charge in [0.15, 0.2) is 0 Å². The van der Waals surface area contributed by atoms with E-state index in [1.807, 2.05) is 18.2 Å². The highest BCUT2D eigenvalue weighted by atomic mass is 19.4. The van der Waals surface area contributed by atoms with Crippen LogP contribution in [0, 0.1) is 17.5 Å². The summed E-state index contributed by atoms with van der Waals surface area (Å²) in [6, 6.07) is 21.4. The van der Waals surface area contributed by atoms with Crippen molar-refractivity contribution in [3.63, 3.8) is 0 Å². The number of rotatable bonds is 9. The van der Waals surface area contributed by atoms with Gasteiger partial charge in [0.2, 0.25) is 0 Å². The van der Waals surface area contributed by atoms with Gasteiger partial charge in [-0.25, -0.2) is 17.9 Å². The summed E-state index contributed by atoms with van der Waals surface area (Å²) in [5.74, 6) is -7.61. The van der Waals surface area contributed by atoms with Crippen molar-refractivity contribution >= 4 is 10.8 Å². The molecule has 0 unspecified atom stereocenters. The zero-order chi connectivity index (χ0) is 33.4. The summed E-state index contributed by atoms with van der Waals surface area (Å²) >= 11 is 0. The number of halogens is 10. The molecule has 0 aromatic heterocycles. The van der Waals surface area contributed by atoms with Gasteiger partial charge in [0.25, 0.3) is 0 Å². The number of ether oxygens (including phenoxy) is 2. The van der Waals surface area contributed by atoms with Gasteiger partial charge in [-0.3, -0.25) is 0 Å². The molecule has 2 nitrogen and oxygen atoms in total. The molecule has 0 saturated heterocycles. The molecular weight excluding hydrogens is 630 g/mol.